The van der Waals surface area contributed by atoms with Crippen LogP contribution in [-0.2, 0) is 0 Å². The van der Waals surface area contributed by atoms with Crippen LogP contribution in [0.3, 0.4) is 0 Å². The molecule has 22 heavy (non-hydrogen) atoms. The fourth-order valence-corrected chi connectivity index (χ4v) is 2.68. The highest BCUT2D eigenvalue weighted by Crippen LogP contribution is 2.27. The number of aromatic hydroxyl groups is 1. The quantitative estimate of drug-likeness (QED) is 0.864. The normalized spacial score (nSPS) is 15.0. The number of phenolic OH excluding ortho intramolecular Hbond substituents is 1. The fraction of sp³-hybridized carbons (Fsp3) is 0.250. The first-order chi connectivity index (χ1) is 10.6. The molecular weight excluding hydrogens is 302 g/mol. The van der Waals surface area contributed by atoms with Gasteiger partial charge in [0.1, 0.15) is 10.9 Å². The Kier molecular flexibility index (Phi) is 4.15. The minimum Gasteiger partial charge on any atom is -0.506 e. The van der Waals surface area contributed by atoms with Crippen LogP contribution in [0.15, 0.2) is 42.6 Å². The topological polar surface area (TPSA) is 56.7 Å². The lowest BCUT2D eigenvalue weighted by molar-refractivity contribution is 0.0746. The van der Waals surface area contributed by atoms with Crippen LogP contribution in [0.4, 0.5) is 5.69 Å². The third-order valence-electron chi connectivity index (χ3n) is 3.76. The molecule has 1 aromatic carbocycles. The molecular formula is C16H16ClN3O2. The van der Waals surface area contributed by atoms with Gasteiger partial charge in [-0.2, -0.15) is 0 Å². The number of anilines is 1. The first kappa shape index (κ1) is 14.7. The Morgan fingerprint density at radius 2 is 1.82 bits per heavy atom. The van der Waals surface area contributed by atoms with E-state index >= 15 is 0 Å². The molecule has 0 bridgehead atoms. The van der Waals surface area contributed by atoms with Crippen molar-refractivity contribution in [2.45, 2.75) is 0 Å². The number of hydrogen-bond donors (Lipinski definition) is 1. The highest BCUT2D eigenvalue weighted by molar-refractivity contribution is 6.29. The lowest BCUT2D eigenvalue weighted by atomic mass is 10.2. The van der Waals surface area contributed by atoms with Gasteiger partial charge >= 0.3 is 0 Å². The molecule has 1 aliphatic rings. The number of halogens is 1. The van der Waals surface area contributed by atoms with Gasteiger partial charge in [0.15, 0.2) is 0 Å². The SMILES string of the molecule is O=C(c1ccc(Cl)nc1)N1CCN(c2ccccc2O)CC1. The van der Waals surface area contributed by atoms with Crippen LogP contribution in [0.25, 0.3) is 0 Å². The second-order valence-corrected chi connectivity index (χ2v) is 5.52. The number of hydrogen-bond acceptors (Lipinski definition) is 4. The molecule has 0 unspecified atom stereocenters. The Morgan fingerprint density at radius 3 is 2.45 bits per heavy atom. The van der Waals surface area contributed by atoms with E-state index in [-0.39, 0.29) is 11.7 Å². The summed E-state index contributed by atoms with van der Waals surface area (Å²) in [6.07, 6.45) is 1.50. The summed E-state index contributed by atoms with van der Waals surface area (Å²) >= 11 is 5.74. The molecule has 1 amide bonds. The Hall–Kier alpha value is -2.27. The zero-order valence-electron chi connectivity index (χ0n) is 11.9. The molecule has 5 nitrogen and oxygen atoms in total. The van der Waals surface area contributed by atoms with Gasteiger partial charge < -0.3 is 14.9 Å². The number of para-hydroxylation sites is 2. The summed E-state index contributed by atoms with van der Waals surface area (Å²) in [7, 11) is 0. The Bertz CT molecular complexity index is 667. The first-order valence-electron chi connectivity index (χ1n) is 7.09. The van der Waals surface area contributed by atoms with Crippen LogP contribution in [-0.4, -0.2) is 47.1 Å². The number of amides is 1. The lowest BCUT2D eigenvalue weighted by Crippen LogP contribution is -2.48. The maximum atomic E-state index is 12.4. The molecule has 2 heterocycles. The average molecular weight is 318 g/mol. The number of benzene rings is 1. The lowest BCUT2D eigenvalue weighted by Gasteiger charge is -2.36. The first-order valence-corrected chi connectivity index (χ1v) is 7.47. The molecule has 0 radical (unpaired) electrons. The monoisotopic (exact) mass is 317 g/mol. The van der Waals surface area contributed by atoms with Crippen molar-refractivity contribution in [3.05, 3.63) is 53.3 Å². The summed E-state index contributed by atoms with van der Waals surface area (Å²) in [4.78, 5) is 20.2. The predicted molar refractivity (Wildman–Crippen MR) is 85.5 cm³/mol. The van der Waals surface area contributed by atoms with E-state index in [1.54, 1.807) is 29.2 Å². The third-order valence-corrected chi connectivity index (χ3v) is 3.99. The molecule has 1 aromatic heterocycles. The van der Waals surface area contributed by atoms with Crippen LogP contribution < -0.4 is 4.90 Å². The van der Waals surface area contributed by atoms with Crippen molar-refractivity contribution in [3.63, 3.8) is 0 Å². The van der Waals surface area contributed by atoms with E-state index in [9.17, 15) is 9.90 Å². The van der Waals surface area contributed by atoms with Crippen LogP contribution >= 0.6 is 11.6 Å². The van der Waals surface area contributed by atoms with E-state index in [0.29, 0.717) is 36.9 Å². The molecule has 1 aliphatic heterocycles. The van der Waals surface area contributed by atoms with Gasteiger partial charge in [-0.25, -0.2) is 4.98 Å². The fourth-order valence-electron chi connectivity index (χ4n) is 2.57. The van der Waals surface area contributed by atoms with Gasteiger partial charge in [-0.3, -0.25) is 4.79 Å². The van der Waals surface area contributed by atoms with Crippen molar-refractivity contribution in [2.24, 2.45) is 0 Å². The van der Waals surface area contributed by atoms with Crippen molar-refractivity contribution in [3.8, 4) is 5.75 Å². The van der Waals surface area contributed by atoms with E-state index in [1.807, 2.05) is 12.1 Å². The minimum absolute atomic E-state index is 0.0406. The smallest absolute Gasteiger partial charge is 0.255 e. The van der Waals surface area contributed by atoms with Gasteiger partial charge in [0.05, 0.1) is 11.3 Å². The van der Waals surface area contributed by atoms with Crippen molar-refractivity contribution in [2.75, 3.05) is 31.1 Å². The van der Waals surface area contributed by atoms with Gasteiger partial charge in [-0.1, -0.05) is 23.7 Å². The Morgan fingerprint density at radius 1 is 1.09 bits per heavy atom. The summed E-state index contributed by atoms with van der Waals surface area (Å²) in [5.41, 5.74) is 1.35. The van der Waals surface area contributed by atoms with Crippen LogP contribution in [0, 0.1) is 0 Å². The van der Waals surface area contributed by atoms with Crippen LogP contribution in [0.5, 0.6) is 5.75 Å². The second-order valence-electron chi connectivity index (χ2n) is 5.14. The van der Waals surface area contributed by atoms with Crippen molar-refractivity contribution >= 4 is 23.2 Å². The molecule has 0 atom stereocenters. The zero-order valence-corrected chi connectivity index (χ0v) is 12.7. The van der Waals surface area contributed by atoms with Gasteiger partial charge in [0, 0.05) is 32.4 Å². The second kappa shape index (κ2) is 6.23. The minimum atomic E-state index is -0.0406. The third kappa shape index (κ3) is 2.99. The van der Waals surface area contributed by atoms with Gasteiger partial charge in [0.2, 0.25) is 0 Å². The van der Waals surface area contributed by atoms with E-state index in [1.165, 1.54) is 6.20 Å². The van der Waals surface area contributed by atoms with E-state index in [0.717, 1.165) is 5.69 Å². The number of pyridine rings is 1. The molecule has 1 N–H and O–H groups in total. The molecule has 3 rings (SSSR count). The number of carbonyl (C=O) groups excluding carboxylic acids is 1. The Labute approximate surface area is 133 Å². The molecule has 0 spiro atoms. The van der Waals surface area contributed by atoms with Crippen LogP contribution in [0.2, 0.25) is 5.15 Å². The van der Waals surface area contributed by atoms with E-state index in [4.69, 9.17) is 11.6 Å². The van der Waals surface area contributed by atoms with Gasteiger partial charge in [-0.15, -0.1) is 0 Å². The number of aromatic nitrogens is 1. The molecule has 6 heteroatoms. The summed E-state index contributed by atoms with van der Waals surface area (Å²) in [5, 5.41) is 10.3. The summed E-state index contributed by atoms with van der Waals surface area (Å²) < 4.78 is 0. The maximum Gasteiger partial charge on any atom is 0.255 e. The number of rotatable bonds is 2. The van der Waals surface area contributed by atoms with Gasteiger partial charge in [0.25, 0.3) is 5.91 Å². The predicted octanol–water partition coefficient (Wildman–Crippen LogP) is 2.40. The zero-order chi connectivity index (χ0) is 15.5. The van der Waals surface area contributed by atoms with E-state index < -0.39 is 0 Å². The summed E-state index contributed by atoms with van der Waals surface area (Å²) in [6.45, 7) is 2.58. The molecule has 1 saturated heterocycles. The largest absolute Gasteiger partial charge is 0.506 e. The summed E-state index contributed by atoms with van der Waals surface area (Å²) in [5.74, 6) is 0.227. The molecule has 0 saturated carbocycles. The number of carbonyl (C=O) groups is 1. The highest BCUT2D eigenvalue weighted by atomic mass is 35.5. The average Bonchev–Trinajstić information content (AvgIpc) is 2.56. The Balaban J connectivity index is 1.65. The number of nitrogens with zero attached hydrogens (tertiary/aromatic N) is 3. The molecule has 2 aromatic rings. The number of piperazine rings is 1. The van der Waals surface area contributed by atoms with Crippen molar-refractivity contribution in [1.29, 1.82) is 0 Å². The van der Waals surface area contributed by atoms with Crippen LogP contribution in [0.1, 0.15) is 10.4 Å². The number of phenols is 1. The van der Waals surface area contributed by atoms with Crippen molar-refractivity contribution in [1.82, 2.24) is 9.88 Å². The van der Waals surface area contributed by atoms with Gasteiger partial charge in [-0.05, 0) is 24.3 Å². The molecule has 0 aliphatic carbocycles. The maximum absolute atomic E-state index is 12.4. The molecule has 1 fully saturated rings. The highest BCUT2D eigenvalue weighted by Gasteiger charge is 2.23. The van der Waals surface area contributed by atoms with E-state index in [2.05, 4.69) is 9.88 Å². The van der Waals surface area contributed by atoms with Crippen molar-refractivity contribution < 1.29 is 9.90 Å². The summed E-state index contributed by atoms with van der Waals surface area (Å²) in [6, 6.07) is 10.6. The molecule has 114 valence electrons. The standard InChI is InChI=1S/C16H16ClN3O2/c17-15-6-5-12(11-18-15)16(22)20-9-7-19(8-10-20)13-3-1-2-4-14(13)21/h1-6,11,21H,7-10H2.